The van der Waals surface area contributed by atoms with E-state index in [2.05, 4.69) is 27.7 Å². The Morgan fingerprint density at radius 3 is 1.00 bits per heavy atom. The summed E-state index contributed by atoms with van der Waals surface area (Å²) in [4.78, 5) is 0. The molecule has 0 saturated carbocycles. The molecule has 188 valence electrons. The van der Waals surface area contributed by atoms with Crippen molar-refractivity contribution in [3.8, 4) is 0 Å². The lowest BCUT2D eigenvalue weighted by Gasteiger charge is -2.25. The summed E-state index contributed by atoms with van der Waals surface area (Å²) >= 11 is 0. The Kier molecular flexibility index (Phi) is 20.2. The van der Waals surface area contributed by atoms with Gasteiger partial charge in [-0.3, -0.25) is 0 Å². The fraction of sp³-hybridized carbons (Fsp3) is 1.00. The molecule has 0 radical (unpaired) electrons. The molecule has 0 amide bonds. The van der Waals surface area contributed by atoms with Crippen LogP contribution in [-0.2, 0) is 23.7 Å². The zero-order chi connectivity index (χ0) is 23.5. The van der Waals surface area contributed by atoms with Crippen LogP contribution in [0.2, 0.25) is 0 Å². The molecule has 7 nitrogen and oxygen atoms in total. The third-order valence-electron chi connectivity index (χ3n) is 5.55. The van der Waals surface area contributed by atoms with Gasteiger partial charge in [0, 0.05) is 0 Å². The predicted octanol–water partition coefficient (Wildman–Crippen LogP) is 3.73. The molecule has 0 aromatic carbocycles. The smallest absolute Gasteiger partial charge is 0.0807 e. The third kappa shape index (κ3) is 15.2. The van der Waals surface area contributed by atoms with Gasteiger partial charge in [0.15, 0.2) is 0 Å². The van der Waals surface area contributed by atoms with Crippen LogP contribution in [0.25, 0.3) is 0 Å². The highest BCUT2D eigenvalue weighted by Gasteiger charge is 2.18. The van der Waals surface area contributed by atoms with Crippen LogP contribution in [0.5, 0.6) is 0 Å². The second kappa shape index (κ2) is 20.3. The number of hydrogen-bond acceptors (Lipinski definition) is 7. The fourth-order valence-corrected chi connectivity index (χ4v) is 2.77. The van der Waals surface area contributed by atoms with Crippen molar-refractivity contribution >= 4 is 0 Å². The van der Waals surface area contributed by atoms with Gasteiger partial charge in [0.25, 0.3) is 0 Å². The molecule has 0 aliphatic carbocycles. The summed E-state index contributed by atoms with van der Waals surface area (Å²) in [5, 5.41) is 18.9. The third-order valence-corrected chi connectivity index (χ3v) is 5.55. The van der Waals surface area contributed by atoms with E-state index in [9.17, 15) is 10.2 Å². The van der Waals surface area contributed by atoms with Gasteiger partial charge in [0.1, 0.15) is 0 Å². The normalized spacial score (nSPS) is 17.8. The Labute approximate surface area is 190 Å². The molecule has 0 rings (SSSR count). The van der Waals surface area contributed by atoms with Crippen LogP contribution >= 0.6 is 0 Å². The van der Waals surface area contributed by atoms with Crippen molar-refractivity contribution in [3.05, 3.63) is 0 Å². The molecule has 0 aromatic rings. The van der Waals surface area contributed by atoms with Crippen molar-refractivity contribution in [1.29, 1.82) is 0 Å². The number of rotatable bonds is 22. The van der Waals surface area contributed by atoms with E-state index in [4.69, 9.17) is 23.7 Å². The molecule has 0 aliphatic rings. The highest BCUT2D eigenvalue weighted by Crippen LogP contribution is 2.10. The molecular formula is C24H50O7. The highest BCUT2D eigenvalue weighted by atomic mass is 16.6. The van der Waals surface area contributed by atoms with Gasteiger partial charge in [0.05, 0.1) is 76.3 Å². The zero-order valence-corrected chi connectivity index (χ0v) is 20.9. The maximum absolute atomic E-state index is 9.67. The molecule has 6 unspecified atom stereocenters. The summed E-state index contributed by atoms with van der Waals surface area (Å²) in [7, 11) is 0. The maximum atomic E-state index is 9.67. The number of aliphatic hydroxyl groups excluding tert-OH is 2. The van der Waals surface area contributed by atoms with Crippen LogP contribution in [0.3, 0.4) is 0 Å². The topological polar surface area (TPSA) is 86.6 Å². The van der Waals surface area contributed by atoms with Crippen LogP contribution in [0.1, 0.15) is 80.1 Å². The number of hydrogen-bond donors (Lipinski definition) is 2. The molecule has 0 spiro atoms. The van der Waals surface area contributed by atoms with Crippen LogP contribution in [-0.4, -0.2) is 86.5 Å². The Morgan fingerprint density at radius 1 is 0.452 bits per heavy atom. The number of aliphatic hydroxyl groups is 2. The quantitative estimate of drug-likeness (QED) is 0.260. The highest BCUT2D eigenvalue weighted by molar-refractivity contribution is 4.64. The van der Waals surface area contributed by atoms with Gasteiger partial charge < -0.3 is 33.9 Å². The molecule has 0 bridgehead atoms. The van der Waals surface area contributed by atoms with E-state index >= 15 is 0 Å². The second-order valence-corrected chi connectivity index (χ2v) is 8.06. The Bertz CT molecular complexity index is 379. The molecule has 7 heteroatoms. The van der Waals surface area contributed by atoms with Crippen molar-refractivity contribution in [2.24, 2.45) is 0 Å². The predicted molar refractivity (Wildman–Crippen MR) is 124 cm³/mol. The maximum Gasteiger partial charge on any atom is 0.0807 e. The summed E-state index contributed by atoms with van der Waals surface area (Å²) in [6.07, 6.45) is 4.33. The van der Waals surface area contributed by atoms with E-state index in [1.54, 1.807) is 0 Å². The van der Waals surface area contributed by atoms with Crippen molar-refractivity contribution in [2.75, 3.05) is 39.6 Å². The van der Waals surface area contributed by atoms with E-state index in [1.807, 2.05) is 13.8 Å². The average Bonchev–Trinajstić information content (AvgIpc) is 2.81. The van der Waals surface area contributed by atoms with E-state index in [1.165, 1.54) is 0 Å². The lowest BCUT2D eigenvalue weighted by molar-refractivity contribution is -0.115. The number of ether oxygens (including phenoxy) is 5. The Hall–Kier alpha value is -0.280. The lowest BCUT2D eigenvalue weighted by Crippen LogP contribution is -2.32. The van der Waals surface area contributed by atoms with Gasteiger partial charge in [-0.2, -0.15) is 0 Å². The summed E-state index contributed by atoms with van der Waals surface area (Å²) in [6, 6.07) is 0. The summed E-state index contributed by atoms with van der Waals surface area (Å²) < 4.78 is 29.6. The monoisotopic (exact) mass is 450 g/mol. The molecule has 2 N–H and O–H groups in total. The van der Waals surface area contributed by atoms with Crippen molar-refractivity contribution < 1.29 is 33.9 Å². The first-order chi connectivity index (χ1) is 15.0. The first-order valence-corrected chi connectivity index (χ1v) is 12.3. The Morgan fingerprint density at radius 2 is 0.742 bits per heavy atom. The molecule has 6 atom stereocenters. The van der Waals surface area contributed by atoms with Gasteiger partial charge >= 0.3 is 0 Å². The van der Waals surface area contributed by atoms with Gasteiger partial charge in [-0.15, -0.1) is 0 Å². The molecule has 0 fully saturated rings. The van der Waals surface area contributed by atoms with E-state index < -0.39 is 6.10 Å². The van der Waals surface area contributed by atoms with Crippen molar-refractivity contribution in [2.45, 2.75) is 117 Å². The van der Waals surface area contributed by atoms with Crippen LogP contribution in [0, 0.1) is 0 Å². The second-order valence-electron chi connectivity index (χ2n) is 8.06. The minimum absolute atomic E-state index is 0.00240. The first-order valence-electron chi connectivity index (χ1n) is 12.3. The summed E-state index contributed by atoms with van der Waals surface area (Å²) in [5.74, 6) is 0. The van der Waals surface area contributed by atoms with Gasteiger partial charge in [0.2, 0.25) is 0 Å². The molecule has 0 saturated heterocycles. The van der Waals surface area contributed by atoms with Gasteiger partial charge in [-0.25, -0.2) is 0 Å². The minimum Gasteiger partial charge on any atom is -0.394 e. The van der Waals surface area contributed by atoms with Crippen LogP contribution in [0.15, 0.2) is 0 Å². The minimum atomic E-state index is -0.418. The molecule has 31 heavy (non-hydrogen) atoms. The lowest BCUT2D eigenvalue weighted by atomic mass is 10.2. The van der Waals surface area contributed by atoms with E-state index in [-0.39, 0.29) is 37.1 Å². The SMILES string of the molecule is CCC(O)COC(CC)COC(CC)COC(CC)COC(CC)COC(CC)CO. The largest absolute Gasteiger partial charge is 0.394 e. The summed E-state index contributed by atoms with van der Waals surface area (Å²) in [6.45, 7) is 14.6. The van der Waals surface area contributed by atoms with E-state index in [0.717, 1.165) is 32.1 Å². The zero-order valence-electron chi connectivity index (χ0n) is 20.9. The van der Waals surface area contributed by atoms with Crippen molar-refractivity contribution in [1.82, 2.24) is 0 Å². The standard InChI is InChI=1S/C24H50O7/c1-7-19(26)14-27-21(9-3)16-29-23(11-5)18-31-24(12-6)17-30-22(10-4)15-28-20(8-2)13-25/h19-26H,7-18H2,1-6H3. The van der Waals surface area contributed by atoms with Gasteiger partial charge in [-0.1, -0.05) is 41.5 Å². The molecule has 0 aliphatic heterocycles. The van der Waals surface area contributed by atoms with Gasteiger partial charge in [-0.05, 0) is 38.5 Å². The molecular weight excluding hydrogens is 400 g/mol. The molecule has 0 aromatic heterocycles. The Balaban J connectivity index is 4.31. The van der Waals surface area contributed by atoms with Crippen molar-refractivity contribution in [3.63, 3.8) is 0 Å². The summed E-state index contributed by atoms with van der Waals surface area (Å²) in [5.41, 5.74) is 0. The fourth-order valence-electron chi connectivity index (χ4n) is 2.77. The molecule has 0 heterocycles. The van der Waals surface area contributed by atoms with Crippen LogP contribution < -0.4 is 0 Å². The average molecular weight is 451 g/mol. The first kappa shape index (κ1) is 30.7. The van der Waals surface area contributed by atoms with Crippen LogP contribution in [0.4, 0.5) is 0 Å². The van der Waals surface area contributed by atoms with E-state index in [0.29, 0.717) is 39.5 Å².